The van der Waals surface area contributed by atoms with Crippen LogP contribution >= 0.6 is 22.7 Å². The van der Waals surface area contributed by atoms with Crippen LogP contribution in [0, 0.1) is 6.92 Å². The fraction of sp³-hybridized carbons (Fsp3) is 0.231. The molecule has 0 saturated heterocycles. The molecule has 6 nitrogen and oxygen atoms in total. The van der Waals surface area contributed by atoms with Gasteiger partial charge in [-0.2, -0.15) is 21.0 Å². The Hall–Kier alpha value is -2.06. The standard InChI is InChI=1S/C13H11N3O3S2/c1-8-4-11(17)16-13(14-8)21-10(15-16)6-19-12(18)5-9-2-3-20-7-9/h2-4,7H,5-6H2,1H3. The van der Waals surface area contributed by atoms with Crippen LogP contribution in [0.25, 0.3) is 4.96 Å². The van der Waals surface area contributed by atoms with Gasteiger partial charge in [-0.15, -0.1) is 0 Å². The van der Waals surface area contributed by atoms with Crippen molar-refractivity contribution >= 4 is 33.6 Å². The summed E-state index contributed by atoms with van der Waals surface area (Å²) in [4.78, 5) is 28.1. The van der Waals surface area contributed by atoms with Crippen molar-refractivity contribution in [1.29, 1.82) is 0 Å². The first-order valence-electron chi connectivity index (χ1n) is 6.15. The second-order valence-corrected chi connectivity index (χ2v) is 6.22. The Morgan fingerprint density at radius 1 is 1.48 bits per heavy atom. The van der Waals surface area contributed by atoms with Crippen LogP contribution in [0.5, 0.6) is 0 Å². The van der Waals surface area contributed by atoms with Gasteiger partial charge in [0.05, 0.1) is 6.42 Å². The van der Waals surface area contributed by atoms with Crippen LogP contribution in [0.2, 0.25) is 0 Å². The molecule has 21 heavy (non-hydrogen) atoms. The van der Waals surface area contributed by atoms with E-state index in [9.17, 15) is 9.59 Å². The highest BCUT2D eigenvalue weighted by atomic mass is 32.1. The maximum Gasteiger partial charge on any atom is 0.310 e. The van der Waals surface area contributed by atoms with E-state index in [4.69, 9.17) is 4.74 Å². The molecule has 0 aliphatic heterocycles. The zero-order chi connectivity index (χ0) is 14.8. The molecule has 0 spiro atoms. The summed E-state index contributed by atoms with van der Waals surface area (Å²) in [6.07, 6.45) is 0.242. The lowest BCUT2D eigenvalue weighted by Gasteiger charge is -2.00. The molecule has 0 fully saturated rings. The second-order valence-electron chi connectivity index (χ2n) is 4.39. The molecular formula is C13H11N3O3S2. The van der Waals surface area contributed by atoms with E-state index < -0.39 is 0 Å². The third-order valence-corrected chi connectivity index (χ3v) is 4.31. The second kappa shape index (κ2) is 5.74. The normalized spacial score (nSPS) is 10.9. The Kier molecular flexibility index (Phi) is 3.80. The highest BCUT2D eigenvalue weighted by Crippen LogP contribution is 2.13. The van der Waals surface area contributed by atoms with Crippen molar-refractivity contribution in [2.75, 3.05) is 0 Å². The van der Waals surface area contributed by atoms with Gasteiger partial charge in [0.2, 0.25) is 4.96 Å². The van der Waals surface area contributed by atoms with E-state index in [2.05, 4.69) is 10.1 Å². The summed E-state index contributed by atoms with van der Waals surface area (Å²) in [5.74, 6) is -0.316. The molecule has 0 aliphatic carbocycles. The molecule has 0 radical (unpaired) electrons. The van der Waals surface area contributed by atoms with E-state index >= 15 is 0 Å². The summed E-state index contributed by atoms with van der Waals surface area (Å²) in [5, 5.41) is 8.47. The number of hydrogen-bond donors (Lipinski definition) is 0. The Balaban J connectivity index is 1.69. The molecule has 3 aromatic heterocycles. The van der Waals surface area contributed by atoms with Crippen LogP contribution in [0.1, 0.15) is 16.3 Å². The van der Waals surface area contributed by atoms with Crippen molar-refractivity contribution in [2.24, 2.45) is 0 Å². The first kappa shape index (κ1) is 13.9. The van der Waals surface area contributed by atoms with Gasteiger partial charge in [-0.25, -0.2) is 4.98 Å². The number of aryl methyl sites for hydroxylation is 1. The van der Waals surface area contributed by atoms with Gasteiger partial charge in [0.1, 0.15) is 6.61 Å². The van der Waals surface area contributed by atoms with Crippen molar-refractivity contribution in [2.45, 2.75) is 20.0 Å². The number of fused-ring (bicyclic) bond motifs is 1. The molecule has 0 aliphatic rings. The summed E-state index contributed by atoms with van der Waals surface area (Å²) < 4.78 is 6.39. The van der Waals surface area contributed by atoms with Crippen molar-refractivity contribution in [3.05, 3.63) is 49.5 Å². The van der Waals surface area contributed by atoms with Gasteiger partial charge in [0, 0.05) is 11.8 Å². The number of rotatable bonds is 4. The van der Waals surface area contributed by atoms with Crippen molar-refractivity contribution in [3.63, 3.8) is 0 Å². The summed E-state index contributed by atoms with van der Waals surface area (Å²) in [6, 6.07) is 3.30. The topological polar surface area (TPSA) is 73.6 Å². The zero-order valence-corrected chi connectivity index (χ0v) is 12.7. The molecule has 3 rings (SSSR count). The highest BCUT2D eigenvalue weighted by Gasteiger charge is 2.10. The van der Waals surface area contributed by atoms with Crippen molar-refractivity contribution in [3.8, 4) is 0 Å². The van der Waals surface area contributed by atoms with E-state index in [1.165, 1.54) is 33.3 Å². The number of hydrogen-bond acceptors (Lipinski definition) is 7. The van der Waals surface area contributed by atoms with E-state index in [1.807, 2.05) is 16.8 Å². The number of carbonyl (C=O) groups excluding carboxylic acids is 1. The first-order chi connectivity index (χ1) is 10.1. The van der Waals surface area contributed by atoms with Crippen LogP contribution < -0.4 is 5.56 Å². The van der Waals surface area contributed by atoms with E-state index in [0.717, 1.165) is 5.56 Å². The Morgan fingerprint density at radius 2 is 2.33 bits per heavy atom. The predicted molar refractivity (Wildman–Crippen MR) is 79.7 cm³/mol. The fourth-order valence-electron chi connectivity index (χ4n) is 1.77. The summed E-state index contributed by atoms with van der Waals surface area (Å²) >= 11 is 2.78. The average Bonchev–Trinajstić information content (AvgIpc) is 3.05. The van der Waals surface area contributed by atoms with Crippen molar-refractivity contribution in [1.82, 2.24) is 14.6 Å². The van der Waals surface area contributed by atoms with Crippen LogP contribution in [0.4, 0.5) is 0 Å². The minimum atomic E-state index is -0.316. The SMILES string of the molecule is Cc1cc(=O)n2nc(COC(=O)Cc3ccsc3)sc2n1. The molecule has 3 heterocycles. The molecule has 0 atom stereocenters. The number of esters is 1. The number of carbonyl (C=O) groups is 1. The molecule has 0 unspecified atom stereocenters. The van der Waals surface area contributed by atoms with Gasteiger partial charge in [-0.3, -0.25) is 9.59 Å². The lowest BCUT2D eigenvalue weighted by atomic mass is 10.2. The number of nitrogens with zero attached hydrogens (tertiary/aromatic N) is 3. The van der Waals surface area contributed by atoms with Crippen molar-refractivity contribution < 1.29 is 9.53 Å². The fourth-order valence-corrected chi connectivity index (χ4v) is 3.30. The molecule has 108 valence electrons. The molecule has 3 aromatic rings. The Labute approximate surface area is 127 Å². The smallest absolute Gasteiger partial charge is 0.310 e. The minimum absolute atomic E-state index is 0.0511. The predicted octanol–water partition coefficient (Wildman–Crippen LogP) is 1.81. The Bertz CT molecular complexity index is 836. The quantitative estimate of drug-likeness (QED) is 0.685. The number of ether oxygens (including phenoxy) is 1. The average molecular weight is 321 g/mol. The zero-order valence-electron chi connectivity index (χ0n) is 11.1. The van der Waals surface area contributed by atoms with Gasteiger partial charge >= 0.3 is 5.97 Å². The highest BCUT2D eigenvalue weighted by molar-refractivity contribution is 7.16. The van der Waals surface area contributed by atoms with Crippen LogP contribution in [-0.2, 0) is 22.6 Å². The third kappa shape index (κ3) is 3.17. The van der Waals surface area contributed by atoms with Gasteiger partial charge in [-0.1, -0.05) is 11.3 Å². The van der Waals surface area contributed by atoms with Gasteiger partial charge in [0.25, 0.3) is 5.56 Å². The number of aromatic nitrogens is 3. The monoisotopic (exact) mass is 321 g/mol. The molecule has 8 heteroatoms. The molecule has 0 amide bonds. The minimum Gasteiger partial charge on any atom is -0.458 e. The molecule has 0 aromatic carbocycles. The molecule has 0 saturated carbocycles. The molecule has 0 N–H and O–H groups in total. The van der Waals surface area contributed by atoms with E-state index in [0.29, 0.717) is 15.7 Å². The van der Waals surface area contributed by atoms with Gasteiger partial charge < -0.3 is 4.74 Å². The van der Waals surface area contributed by atoms with Gasteiger partial charge in [-0.05, 0) is 29.3 Å². The maximum atomic E-state index is 11.7. The lowest BCUT2D eigenvalue weighted by Crippen LogP contribution is -2.14. The Morgan fingerprint density at radius 3 is 3.10 bits per heavy atom. The molecule has 0 bridgehead atoms. The van der Waals surface area contributed by atoms with Gasteiger partial charge in [0.15, 0.2) is 5.01 Å². The van der Waals surface area contributed by atoms with E-state index in [-0.39, 0.29) is 24.6 Å². The molecular weight excluding hydrogens is 310 g/mol. The number of thiophene rings is 1. The maximum absolute atomic E-state index is 11.7. The van der Waals surface area contributed by atoms with Crippen LogP contribution in [0.3, 0.4) is 0 Å². The third-order valence-electron chi connectivity index (χ3n) is 2.70. The lowest BCUT2D eigenvalue weighted by molar-refractivity contribution is -0.144. The van der Waals surface area contributed by atoms with Crippen LogP contribution in [-0.4, -0.2) is 20.6 Å². The first-order valence-corrected chi connectivity index (χ1v) is 7.91. The summed E-state index contributed by atoms with van der Waals surface area (Å²) in [5.41, 5.74) is 1.34. The summed E-state index contributed by atoms with van der Waals surface area (Å²) in [6.45, 7) is 1.80. The largest absolute Gasteiger partial charge is 0.458 e. The van der Waals surface area contributed by atoms with Crippen LogP contribution in [0.15, 0.2) is 27.7 Å². The van der Waals surface area contributed by atoms with E-state index in [1.54, 1.807) is 6.92 Å². The summed E-state index contributed by atoms with van der Waals surface area (Å²) in [7, 11) is 0.